The quantitative estimate of drug-likeness (QED) is 0.233. The van der Waals surface area contributed by atoms with Crippen molar-refractivity contribution in [3.63, 3.8) is 0 Å². The lowest BCUT2D eigenvalue weighted by atomic mass is 10.1. The molecule has 0 aromatic rings. The average molecular weight is 203 g/mol. The molecule has 0 aromatic heterocycles. The smallest absolute Gasteiger partial charge is 0.210 e. The third-order valence-corrected chi connectivity index (χ3v) is 1.17. The Balaban J connectivity index is 0. The summed E-state index contributed by atoms with van der Waals surface area (Å²) in [5, 5.41) is 45.9. The van der Waals surface area contributed by atoms with Crippen molar-refractivity contribution in [2.24, 2.45) is 0 Å². The van der Waals surface area contributed by atoms with Crippen molar-refractivity contribution in [3.05, 3.63) is 0 Å². The molecule has 74 valence electrons. The second-order valence-corrected chi connectivity index (χ2v) is 2.04. The molecule has 0 amide bonds. The van der Waals surface area contributed by atoms with Gasteiger partial charge in [0.2, 0.25) is 5.90 Å². The molecule has 0 unspecified atom stereocenters. The van der Waals surface area contributed by atoms with Crippen molar-refractivity contribution in [2.45, 2.75) is 18.3 Å². The highest BCUT2D eigenvalue weighted by Gasteiger charge is 2.27. The topological polar surface area (TPSA) is 125 Å². The van der Waals surface area contributed by atoms with E-state index in [-0.39, 0.29) is 12.4 Å². The lowest BCUT2D eigenvalue weighted by Crippen LogP contribution is -2.43. The summed E-state index contributed by atoms with van der Waals surface area (Å²) < 4.78 is 6.25. The van der Waals surface area contributed by atoms with Crippen LogP contribution in [0.5, 0.6) is 0 Å². The number of aliphatic hydroxyl groups is 5. The largest absolute Gasteiger partial charge is 0.495 e. The molecular weight excluding hydrogens is 190 g/mol. The van der Waals surface area contributed by atoms with Crippen molar-refractivity contribution in [1.29, 1.82) is 5.40 Å². The molecule has 12 heavy (non-hydrogen) atoms. The predicted octanol–water partition coefficient (Wildman–Crippen LogP) is -1.98. The number of hydrogen-bond donors (Lipinski definition) is 6. The monoisotopic (exact) mass is 202 g/mol. The van der Waals surface area contributed by atoms with E-state index in [1.807, 2.05) is 0 Å². The highest BCUT2D eigenvalue weighted by Crippen LogP contribution is 1.99. The maximum atomic E-state index is 8.90. The van der Waals surface area contributed by atoms with Crippen LogP contribution in [0.4, 0.5) is 0 Å². The summed E-state index contributed by atoms with van der Waals surface area (Å²) in [5.41, 5.74) is 0. The third kappa shape index (κ3) is 3.84. The van der Waals surface area contributed by atoms with E-state index >= 15 is 0 Å². The molecule has 0 aliphatic carbocycles. The number of aliphatic hydroxyl groups excluding tert-OH is 5. The first-order chi connectivity index (χ1) is 5.54. The van der Waals surface area contributed by atoms with Crippen molar-refractivity contribution in [2.75, 3.05) is 6.61 Å². The van der Waals surface area contributed by atoms with Gasteiger partial charge in [0.25, 0.3) is 0 Å². The van der Waals surface area contributed by atoms with Crippen LogP contribution in [0.25, 0.3) is 0 Å². The zero-order valence-corrected chi connectivity index (χ0v) is 6.85. The molecule has 0 aliphatic heterocycles. The van der Waals surface area contributed by atoms with Gasteiger partial charge in [-0.3, -0.25) is 5.40 Å². The molecule has 6 nitrogen and oxygen atoms in total. The van der Waals surface area contributed by atoms with Crippen molar-refractivity contribution < 1.29 is 26.9 Å². The molecule has 0 fully saturated rings. The van der Waals surface area contributed by atoms with Gasteiger partial charge in [0.05, 0.1) is 6.61 Å². The first kappa shape index (κ1) is 11.6. The summed E-state index contributed by atoms with van der Waals surface area (Å²) in [4.78, 5) is 0. The van der Waals surface area contributed by atoms with E-state index in [1.165, 1.54) is 0 Å². The molecule has 0 aromatic carbocycles. The van der Waals surface area contributed by atoms with Gasteiger partial charge in [0.15, 0.2) is 7.52 Å². The maximum absolute atomic E-state index is 8.90. The van der Waals surface area contributed by atoms with Crippen LogP contribution in [-0.4, -0.2) is 56.3 Å². The SMILES string of the molecule is Cl.[2H]N=C(O)[C@H](O)[C@H](O)[C@H](O)CO. The fraction of sp³-hybridized carbons (Fsp3) is 0.800. The zero-order chi connectivity index (χ0) is 9.72. The van der Waals surface area contributed by atoms with Gasteiger partial charge < -0.3 is 25.5 Å². The summed E-state index contributed by atoms with van der Waals surface area (Å²) in [6.45, 7) is -0.760. The summed E-state index contributed by atoms with van der Waals surface area (Å²) >= 11 is 0. The predicted molar refractivity (Wildman–Crippen MR) is 42.7 cm³/mol. The Bertz CT molecular complexity index is 169. The minimum Gasteiger partial charge on any atom is -0.495 e. The minimum atomic E-state index is -1.86. The standard InChI is InChI=1S/C5H11NO5.ClH/c6-5(11)4(10)3(9)2(8)1-7;/h2-4,7-10H,1H2,(H2,6,11);1H/t2-,3-,4-;/m1./s1/i/hD. The molecule has 0 saturated heterocycles. The van der Waals surface area contributed by atoms with Crippen molar-refractivity contribution in [1.82, 2.24) is 0 Å². The molecule has 3 atom stereocenters. The molecule has 0 heterocycles. The first-order valence-corrected chi connectivity index (χ1v) is 2.90. The highest BCUT2D eigenvalue weighted by molar-refractivity contribution is 5.85. The molecule has 6 N–H and O–H groups in total. The summed E-state index contributed by atoms with van der Waals surface area (Å²) in [7, 11) is 0. The first-order valence-electron chi connectivity index (χ1n) is 3.35. The highest BCUT2D eigenvalue weighted by atomic mass is 35.5. The van der Waals surface area contributed by atoms with Crippen LogP contribution < -0.4 is 0 Å². The third-order valence-electron chi connectivity index (χ3n) is 1.17. The van der Waals surface area contributed by atoms with E-state index in [4.69, 9.17) is 26.9 Å². The summed E-state index contributed by atoms with van der Waals surface area (Å²) in [5.74, 6) is -1.02. The van der Waals surface area contributed by atoms with E-state index in [9.17, 15) is 0 Å². The van der Waals surface area contributed by atoms with Crippen LogP contribution in [0.1, 0.15) is 0 Å². The van der Waals surface area contributed by atoms with Gasteiger partial charge in [-0.05, 0) is 0 Å². The van der Waals surface area contributed by atoms with Crippen LogP contribution in [0, 0.1) is 5.40 Å². The normalized spacial score (nSPS) is 20.3. The number of halogens is 1. The van der Waals surface area contributed by atoms with Crippen LogP contribution in [0.15, 0.2) is 0 Å². The molecule has 0 saturated carbocycles. The van der Waals surface area contributed by atoms with Gasteiger partial charge in [0.1, 0.15) is 12.2 Å². The van der Waals surface area contributed by atoms with Crippen LogP contribution in [0.3, 0.4) is 0 Å². The number of nitrogens with one attached hydrogen (secondary N) is 1. The van der Waals surface area contributed by atoms with Crippen molar-refractivity contribution in [3.8, 4) is 0 Å². The van der Waals surface area contributed by atoms with Gasteiger partial charge in [-0.2, -0.15) is 0 Å². The van der Waals surface area contributed by atoms with Gasteiger partial charge in [-0.15, -0.1) is 12.4 Å². The van der Waals surface area contributed by atoms with Gasteiger partial charge >= 0.3 is 0 Å². The number of hydrogen-bond acceptors (Lipinski definition) is 5. The Labute approximate surface area is 76.5 Å². The number of rotatable bonds is 4. The Morgan fingerprint density at radius 2 is 1.92 bits per heavy atom. The molecule has 0 bridgehead atoms. The Morgan fingerprint density at radius 3 is 2.25 bits per heavy atom. The van der Waals surface area contributed by atoms with Gasteiger partial charge in [-0.25, -0.2) is 0 Å². The van der Waals surface area contributed by atoms with Crippen molar-refractivity contribution >= 4 is 18.3 Å². The zero-order valence-electron chi connectivity index (χ0n) is 7.03. The minimum absolute atomic E-state index is 0. The Morgan fingerprint density at radius 1 is 1.42 bits per heavy atom. The second kappa shape index (κ2) is 6.15. The van der Waals surface area contributed by atoms with Crippen LogP contribution in [-0.2, 0) is 0 Å². The molecule has 0 radical (unpaired) electrons. The summed E-state index contributed by atoms with van der Waals surface area (Å²) in [6, 6.07) is 0. The van der Waals surface area contributed by atoms with Crippen LogP contribution >= 0.6 is 12.4 Å². The fourth-order valence-electron chi connectivity index (χ4n) is 0.471. The van der Waals surface area contributed by atoms with E-state index in [1.54, 1.807) is 0 Å². The maximum Gasteiger partial charge on any atom is 0.210 e. The van der Waals surface area contributed by atoms with Gasteiger partial charge in [0, 0.05) is 0 Å². The Hall–Kier alpha value is -0.400. The fourth-order valence-corrected chi connectivity index (χ4v) is 0.471. The second-order valence-electron chi connectivity index (χ2n) is 2.04. The molecule has 0 aliphatic rings. The van der Waals surface area contributed by atoms with E-state index in [0.29, 0.717) is 0 Å². The van der Waals surface area contributed by atoms with Gasteiger partial charge in [-0.1, -0.05) is 0 Å². The molecular formula is C5H12ClNO5. The van der Waals surface area contributed by atoms with E-state index < -0.39 is 30.8 Å². The molecule has 0 spiro atoms. The molecule has 7 heteroatoms. The lowest BCUT2D eigenvalue weighted by Gasteiger charge is -2.18. The van der Waals surface area contributed by atoms with E-state index in [2.05, 4.69) is 5.40 Å². The average Bonchev–Trinajstić information content (AvgIpc) is 2.12. The van der Waals surface area contributed by atoms with Crippen LogP contribution in [0.2, 0.25) is 1.41 Å². The molecule has 0 rings (SSSR count). The Kier molecular flexibility index (Phi) is 5.95. The lowest BCUT2D eigenvalue weighted by molar-refractivity contribution is -0.0594. The summed E-state index contributed by atoms with van der Waals surface area (Å²) in [6.07, 6.45) is -5.20. The van der Waals surface area contributed by atoms with E-state index in [0.717, 1.165) is 0 Å².